The van der Waals surface area contributed by atoms with Crippen LogP contribution in [0.4, 0.5) is 5.00 Å². The Bertz CT molecular complexity index is 913. The first-order chi connectivity index (χ1) is 14.0. The number of halogens is 1. The Morgan fingerprint density at radius 3 is 2.79 bits per heavy atom. The normalized spacial score (nSPS) is 19.1. The van der Waals surface area contributed by atoms with Gasteiger partial charge in [0.05, 0.1) is 30.0 Å². The van der Waals surface area contributed by atoms with Gasteiger partial charge in [0, 0.05) is 25.0 Å². The second-order valence-electron chi connectivity index (χ2n) is 7.55. The Labute approximate surface area is 179 Å². The number of thiophene rings is 1. The molecule has 1 aliphatic heterocycles. The molecule has 1 atom stereocenters. The topological polar surface area (TPSA) is 76.5 Å². The SMILES string of the molecule is CC[C@@H]1CCc2c(sc(NC(=O)c3c(Cl)cnn3C)c2C(=O)N2CCOCC2)C1. The standard InChI is InChI=1S/C20H25ClN4O3S/c1-3-12-4-5-13-15(10-12)29-19(16(13)20(27)25-6-8-28-9-7-25)23-18(26)17-14(21)11-22-24(17)2/h11-12H,3-10H2,1-2H3,(H,23,26)/t12-/m1/s1. The molecule has 7 nitrogen and oxygen atoms in total. The number of aromatic nitrogens is 2. The van der Waals surface area contributed by atoms with Crippen molar-refractivity contribution in [3.63, 3.8) is 0 Å². The molecule has 1 N–H and O–H groups in total. The molecule has 2 aliphatic rings. The number of hydrogen-bond acceptors (Lipinski definition) is 5. The van der Waals surface area contributed by atoms with Crippen molar-refractivity contribution in [1.82, 2.24) is 14.7 Å². The molecule has 2 aromatic heterocycles. The van der Waals surface area contributed by atoms with E-state index in [-0.39, 0.29) is 17.5 Å². The second kappa shape index (κ2) is 8.45. The summed E-state index contributed by atoms with van der Waals surface area (Å²) in [7, 11) is 1.67. The average molecular weight is 437 g/mol. The van der Waals surface area contributed by atoms with Crippen molar-refractivity contribution in [3.8, 4) is 0 Å². The Balaban J connectivity index is 1.69. The van der Waals surface area contributed by atoms with Crippen LogP contribution in [0.3, 0.4) is 0 Å². The molecule has 1 saturated heterocycles. The number of rotatable bonds is 4. The highest BCUT2D eigenvalue weighted by atomic mass is 35.5. The van der Waals surface area contributed by atoms with Crippen molar-refractivity contribution in [2.24, 2.45) is 13.0 Å². The first-order valence-corrected chi connectivity index (χ1v) is 11.2. The molecule has 0 saturated carbocycles. The van der Waals surface area contributed by atoms with Gasteiger partial charge in [-0.3, -0.25) is 14.3 Å². The van der Waals surface area contributed by atoms with Crippen LogP contribution in [0.25, 0.3) is 0 Å². The molecule has 9 heteroatoms. The summed E-state index contributed by atoms with van der Waals surface area (Å²) in [6.07, 6.45) is 5.48. The Morgan fingerprint density at radius 2 is 2.14 bits per heavy atom. The first-order valence-electron chi connectivity index (χ1n) is 10.00. The van der Waals surface area contributed by atoms with Gasteiger partial charge in [-0.05, 0) is 30.7 Å². The summed E-state index contributed by atoms with van der Waals surface area (Å²) in [4.78, 5) is 29.3. The van der Waals surface area contributed by atoms with E-state index >= 15 is 0 Å². The van der Waals surface area contributed by atoms with E-state index in [0.717, 1.165) is 31.2 Å². The summed E-state index contributed by atoms with van der Waals surface area (Å²) in [5, 5.41) is 7.90. The molecule has 2 aromatic rings. The fourth-order valence-electron chi connectivity index (χ4n) is 4.07. The van der Waals surface area contributed by atoms with Gasteiger partial charge < -0.3 is 15.0 Å². The first kappa shape index (κ1) is 20.4. The van der Waals surface area contributed by atoms with Crippen LogP contribution in [0.2, 0.25) is 5.02 Å². The van der Waals surface area contributed by atoms with E-state index in [1.807, 2.05) is 4.90 Å². The minimum absolute atomic E-state index is 0.0212. The van der Waals surface area contributed by atoms with Crippen molar-refractivity contribution >= 4 is 39.8 Å². The molecular weight excluding hydrogens is 412 g/mol. The zero-order valence-electron chi connectivity index (χ0n) is 16.7. The molecule has 0 radical (unpaired) electrons. The van der Waals surface area contributed by atoms with E-state index in [1.165, 1.54) is 27.1 Å². The zero-order valence-corrected chi connectivity index (χ0v) is 18.2. The van der Waals surface area contributed by atoms with Crippen LogP contribution in [-0.2, 0) is 24.6 Å². The molecule has 3 heterocycles. The van der Waals surface area contributed by atoms with Crippen molar-refractivity contribution in [2.75, 3.05) is 31.6 Å². The van der Waals surface area contributed by atoms with Gasteiger partial charge in [0.2, 0.25) is 0 Å². The molecule has 29 heavy (non-hydrogen) atoms. The summed E-state index contributed by atoms with van der Waals surface area (Å²) < 4.78 is 6.84. The van der Waals surface area contributed by atoms with Crippen LogP contribution in [0.15, 0.2) is 6.20 Å². The lowest BCUT2D eigenvalue weighted by Gasteiger charge is -2.28. The summed E-state index contributed by atoms with van der Waals surface area (Å²) in [6, 6.07) is 0. The number of anilines is 1. The number of morpholine rings is 1. The smallest absolute Gasteiger partial charge is 0.276 e. The maximum Gasteiger partial charge on any atom is 0.276 e. The van der Waals surface area contributed by atoms with Crippen molar-refractivity contribution in [2.45, 2.75) is 32.6 Å². The number of carbonyl (C=O) groups excluding carboxylic acids is 2. The highest BCUT2D eigenvalue weighted by Gasteiger charge is 2.32. The molecule has 0 aromatic carbocycles. The summed E-state index contributed by atoms with van der Waals surface area (Å²) >= 11 is 7.67. The van der Waals surface area contributed by atoms with Gasteiger partial charge in [0.25, 0.3) is 11.8 Å². The van der Waals surface area contributed by atoms with Crippen LogP contribution in [0, 0.1) is 5.92 Å². The zero-order chi connectivity index (χ0) is 20.5. The number of fused-ring (bicyclic) bond motifs is 1. The van der Waals surface area contributed by atoms with E-state index in [4.69, 9.17) is 16.3 Å². The van der Waals surface area contributed by atoms with Crippen molar-refractivity contribution in [1.29, 1.82) is 0 Å². The van der Waals surface area contributed by atoms with Gasteiger partial charge in [-0.15, -0.1) is 11.3 Å². The highest BCUT2D eigenvalue weighted by molar-refractivity contribution is 7.17. The number of nitrogens with one attached hydrogen (secondary N) is 1. The van der Waals surface area contributed by atoms with Gasteiger partial charge in [0.1, 0.15) is 10.7 Å². The van der Waals surface area contributed by atoms with E-state index in [0.29, 0.717) is 47.8 Å². The van der Waals surface area contributed by atoms with E-state index in [1.54, 1.807) is 7.05 Å². The van der Waals surface area contributed by atoms with E-state index in [9.17, 15) is 9.59 Å². The fourth-order valence-corrected chi connectivity index (χ4v) is 5.67. The van der Waals surface area contributed by atoms with Crippen LogP contribution < -0.4 is 5.32 Å². The lowest BCUT2D eigenvalue weighted by molar-refractivity contribution is 0.0303. The second-order valence-corrected chi connectivity index (χ2v) is 9.06. The van der Waals surface area contributed by atoms with Crippen molar-refractivity contribution in [3.05, 3.63) is 32.9 Å². The number of carbonyl (C=O) groups is 2. The summed E-state index contributed by atoms with van der Waals surface area (Å²) in [5.41, 5.74) is 2.03. The van der Waals surface area contributed by atoms with E-state index in [2.05, 4.69) is 17.3 Å². The Hall–Kier alpha value is -1.90. The predicted octanol–water partition coefficient (Wildman–Crippen LogP) is 3.37. The number of hydrogen-bond donors (Lipinski definition) is 1. The maximum atomic E-state index is 13.4. The monoisotopic (exact) mass is 436 g/mol. The average Bonchev–Trinajstić information content (AvgIpc) is 3.26. The number of nitrogens with zero attached hydrogens (tertiary/aromatic N) is 3. The number of amides is 2. The molecule has 0 bridgehead atoms. The molecule has 0 unspecified atom stereocenters. The molecule has 1 aliphatic carbocycles. The van der Waals surface area contributed by atoms with E-state index < -0.39 is 0 Å². The lowest BCUT2D eigenvalue weighted by atomic mass is 9.85. The van der Waals surface area contributed by atoms with Gasteiger partial charge in [0.15, 0.2) is 0 Å². The molecule has 1 fully saturated rings. The van der Waals surface area contributed by atoms with Crippen LogP contribution >= 0.6 is 22.9 Å². The third-order valence-electron chi connectivity index (χ3n) is 5.79. The molecule has 0 spiro atoms. The molecule has 156 valence electrons. The lowest BCUT2D eigenvalue weighted by Crippen LogP contribution is -2.41. The minimum atomic E-state index is -0.350. The third kappa shape index (κ3) is 3.93. The summed E-state index contributed by atoms with van der Waals surface area (Å²) in [5.74, 6) is 0.256. The Morgan fingerprint density at radius 1 is 1.38 bits per heavy atom. The van der Waals surface area contributed by atoms with Gasteiger partial charge in [-0.1, -0.05) is 24.9 Å². The van der Waals surface area contributed by atoms with Crippen LogP contribution in [0.5, 0.6) is 0 Å². The molecular formula is C20H25ClN4O3S. The Kier molecular flexibility index (Phi) is 5.94. The molecule has 2 amide bonds. The van der Waals surface area contributed by atoms with Crippen LogP contribution in [0.1, 0.15) is 51.1 Å². The minimum Gasteiger partial charge on any atom is -0.378 e. The fraction of sp³-hybridized carbons (Fsp3) is 0.550. The molecule has 4 rings (SSSR count). The maximum absolute atomic E-state index is 13.4. The third-order valence-corrected chi connectivity index (χ3v) is 7.24. The van der Waals surface area contributed by atoms with Gasteiger partial charge in [-0.2, -0.15) is 5.10 Å². The number of ether oxygens (including phenoxy) is 1. The number of aryl methyl sites for hydroxylation is 1. The largest absolute Gasteiger partial charge is 0.378 e. The van der Waals surface area contributed by atoms with Gasteiger partial charge >= 0.3 is 0 Å². The predicted molar refractivity (Wildman–Crippen MR) is 113 cm³/mol. The van der Waals surface area contributed by atoms with Gasteiger partial charge in [-0.25, -0.2) is 0 Å². The highest BCUT2D eigenvalue weighted by Crippen LogP contribution is 2.41. The van der Waals surface area contributed by atoms with Crippen LogP contribution in [-0.4, -0.2) is 52.8 Å². The quantitative estimate of drug-likeness (QED) is 0.797. The summed E-state index contributed by atoms with van der Waals surface area (Å²) in [6.45, 7) is 4.44. The van der Waals surface area contributed by atoms with Crippen molar-refractivity contribution < 1.29 is 14.3 Å².